The SMILES string of the molecule is COC(=O)N[C@H](C(=O)Cc1cncc(F)c1CC[C@H]1CNC[C@@H](C)N1S(=O)(=O)C1CC1)[C@@H](c1ccc(F)cc1)c1cc(F)cc(F)c1. The number of aromatic nitrogens is 1. The molecule has 47 heavy (non-hydrogen) atoms. The number of Topliss-reactive ketones (excluding diaryl/α,β-unsaturated/α-hetero) is 1. The van der Waals surface area contributed by atoms with Gasteiger partial charge in [-0.1, -0.05) is 12.1 Å². The Morgan fingerprint density at radius 1 is 1.00 bits per heavy atom. The molecule has 1 aliphatic carbocycles. The molecule has 1 amide bonds. The highest BCUT2D eigenvalue weighted by Gasteiger charge is 2.45. The monoisotopic (exact) mass is 676 g/mol. The van der Waals surface area contributed by atoms with Crippen LogP contribution in [0.3, 0.4) is 0 Å². The van der Waals surface area contributed by atoms with E-state index in [1.54, 1.807) is 0 Å². The number of rotatable bonds is 12. The van der Waals surface area contributed by atoms with Gasteiger partial charge in [0.2, 0.25) is 10.0 Å². The number of hydrogen-bond acceptors (Lipinski definition) is 7. The Morgan fingerprint density at radius 3 is 2.32 bits per heavy atom. The average Bonchev–Trinajstić information content (AvgIpc) is 3.87. The molecule has 3 aromatic rings. The van der Waals surface area contributed by atoms with Crippen molar-refractivity contribution in [3.63, 3.8) is 0 Å². The van der Waals surface area contributed by atoms with E-state index in [4.69, 9.17) is 4.74 Å². The fourth-order valence-electron chi connectivity index (χ4n) is 6.31. The first-order chi connectivity index (χ1) is 22.4. The molecular weight excluding hydrogens is 640 g/mol. The van der Waals surface area contributed by atoms with E-state index < -0.39 is 74.8 Å². The fourth-order valence-corrected chi connectivity index (χ4v) is 8.55. The van der Waals surface area contributed by atoms with Crippen LogP contribution in [0.2, 0.25) is 0 Å². The summed E-state index contributed by atoms with van der Waals surface area (Å²) < 4.78 is 90.9. The maximum atomic E-state index is 15.4. The third-order valence-corrected chi connectivity index (χ3v) is 11.2. The van der Waals surface area contributed by atoms with Gasteiger partial charge in [0, 0.05) is 49.8 Å². The van der Waals surface area contributed by atoms with Crippen LogP contribution in [0.5, 0.6) is 0 Å². The first kappa shape index (κ1) is 34.5. The third-order valence-electron chi connectivity index (χ3n) is 8.65. The van der Waals surface area contributed by atoms with Crippen molar-refractivity contribution in [3.05, 3.63) is 100 Å². The van der Waals surface area contributed by atoms with Gasteiger partial charge < -0.3 is 15.4 Å². The molecule has 9 nitrogen and oxygen atoms in total. The molecular formula is C33H36F4N4O5S. The molecule has 2 aromatic carbocycles. The van der Waals surface area contributed by atoms with Crippen molar-refractivity contribution in [1.82, 2.24) is 19.9 Å². The van der Waals surface area contributed by atoms with Crippen molar-refractivity contribution in [2.24, 2.45) is 0 Å². The molecule has 1 saturated carbocycles. The van der Waals surface area contributed by atoms with E-state index in [9.17, 15) is 31.2 Å². The Labute approximate surface area is 270 Å². The number of ether oxygens (including phenoxy) is 1. The number of amides is 1. The van der Waals surface area contributed by atoms with Crippen molar-refractivity contribution in [3.8, 4) is 0 Å². The summed E-state index contributed by atoms with van der Waals surface area (Å²) in [5, 5.41) is 5.29. The Balaban J connectivity index is 1.46. The number of halogens is 4. The highest BCUT2D eigenvalue weighted by Crippen LogP contribution is 2.35. The maximum Gasteiger partial charge on any atom is 0.407 e. The second kappa shape index (κ2) is 14.5. The van der Waals surface area contributed by atoms with Gasteiger partial charge in [0.05, 0.1) is 18.6 Å². The molecule has 0 radical (unpaired) electrons. The second-order valence-electron chi connectivity index (χ2n) is 12.0. The first-order valence-electron chi connectivity index (χ1n) is 15.3. The molecule has 1 aromatic heterocycles. The molecule has 14 heteroatoms. The van der Waals surface area contributed by atoms with Gasteiger partial charge >= 0.3 is 6.09 Å². The standard InChI is InChI=1S/C33H36F4N4O5S/c1-19-15-38-17-26(41(19)47(44,45)27-8-9-27)7-10-28-22(16-39-18-29(28)37)13-30(42)32(40-33(43)46-2)31(20-3-5-23(34)6-4-20)21-11-24(35)14-25(36)12-21/h3-6,11-12,14,16,18-19,26-27,31-32,38H,7-10,13,15,17H2,1-2H3,(H,40,43)/t19-,26+,31+,32-/m1/s1. The first-order valence-corrected chi connectivity index (χ1v) is 16.8. The summed E-state index contributed by atoms with van der Waals surface area (Å²) in [6, 6.07) is 5.32. The van der Waals surface area contributed by atoms with Crippen LogP contribution < -0.4 is 10.6 Å². The Hall–Kier alpha value is -3.88. The van der Waals surface area contributed by atoms with Gasteiger partial charge in [0.15, 0.2) is 5.78 Å². The normalized spacial score (nSPS) is 20.0. The number of ketones is 1. The third kappa shape index (κ3) is 7.99. The van der Waals surface area contributed by atoms with Gasteiger partial charge in [-0.3, -0.25) is 9.78 Å². The number of carbonyl (C=O) groups is 2. The zero-order chi connectivity index (χ0) is 33.9. The summed E-state index contributed by atoms with van der Waals surface area (Å²) in [4.78, 5) is 30.5. The summed E-state index contributed by atoms with van der Waals surface area (Å²) in [5.41, 5.74) is 0.600. The molecule has 0 spiro atoms. The van der Waals surface area contributed by atoms with Crippen LogP contribution in [-0.2, 0) is 32.4 Å². The van der Waals surface area contributed by atoms with Crippen molar-refractivity contribution in [1.29, 1.82) is 0 Å². The minimum absolute atomic E-state index is 0.0164. The van der Waals surface area contributed by atoms with Gasteiger partial charge in [-0.05, 0) is 79.1 Å². The second-order valence-corrected chi connectivity index (χ2v) is 14.1. The quantitative estimate of drug-likeness (QED) is 0.274. The van der Waals surface area contributed by atoms with Crippen LogP contribution >= 0.6 is 0 Å². The number of methoxy groups -OCH3 is 1. The number of hydrogen-bond donors (Lipinski definition) is 2. The van der Waals surface area contributed by atoms with Crippen LogP contribution in [0.4, 0.5) is 22.4 Å². The smallest absolute Gasteiger partial charge is 0.407 e. The van der Waals surface area contributed by atoms with Gasteiger partial charge in [-0.15, -0.1) is 0 Å². The molecule has 2 heterocycles. The Kier molecular flexibility index (Phi) is 10.6. The number of nitrogens with one attached hydrogen (secondary N) is 2. The van der Waals surface area contributed by atoms with Crippen LogP contribution in [0.25, 0.3) is 0 Å². The van der Waals surface area contributed by atoms with Crippen LogP contribution in [-0.4, -0.2) is 73.2 Å². The van der Waals surface area contributed by atoms with E-state index in [-0.39, 0.29) is 41.1 Å². The lowest BCUT2D eigenvalue weighted by Crippen LogP contribution is -2.59. The number of carbonyl (C=O) groups excluding carboxylic acids is 2. The van der Waals surface area contributed by atoms with Crippen LogP contribution in [0.1, 0.15) is 54.4 Å². The van der Waals surface area contributed by atoms with Gasteiger partial charge in [0.1, 0.15) is 29.3 Å². The van der Waals surface area contributed by atoms with Gasteiger partial charge in [0.25, 0.3) is 0 Å². The molecule has 0 bridgehead atoms. The lowest BCUT2D eigenvalue weighted by atomic mass is 9.81. The molecule has 0 unspecified atom stereocenters. The van der Waals surface area contributed by atoms with E-state index in [1.165, 1.54) is 22.6 Å². The van der Waals surface area contributed by atoms with Crippen LogP contribution in [0.15, 0.2) is 54.9 Å². The van der Waals surface area contributed by atoms with Crippen molar-refractivity contribution in [2.75, 3.05) is 20.2 Å². The predicted molar refractivity (Wildman–Crippen MR) is 165 cm³/mol. The molecule has 1 saturated heterocycles. The summed E-state index contributed by atoms with van der Waals surface area (Å²) in [6.07, 6.45) is 2.42. The fraction of sp³-hybridized carbons (Fsp3) is 0.424. The van der Waals surface area contributed by atoms with E-state index in [0.29, 0.717) is 32.0 Å². The summed E-state index contributed by atoms with van der Waals surface area (Å²) in [6.45, 7) is 2.70. The van der Waals surface area contributed by atoms with E-state index in [2.05, 4.69) is 15.6 Å². The molecule has 2 N–H and O–H groups in total. The van der Waals surface area contributed by atoms with Crippen molar-refractivity contribution >= 4 is 21.9 Å². The largest absolute Gasteiger partial charge is 0.453 e. The zero-order valence-corrected chi connectivity index (χ0v) is 26.7. The Morgan fingerprint density at radius 2 is 1.68 bits per heavy atom. The van der Waals surface area contributed by atoms with Crippen molar-refractivity contribution in [2.45, 2.75) is 68.3 Å². The minimum Gasteiger partial charge on any atom is -0.453 e. The lowest BCUT2D eigenvalue weighted by molar-refractivity contribution is -0.120. The summed E-state index contributed by atoms with van der Waals surface area (Å²) in [5.74, 6) is -5.02. The maximum absolute atomic E-state index is 15.4. The molecule has 4 atom stereocenters. The van der Waals surface area contributed by atoms with E-state index in [1.807, 2.05) is 6.92 Å². The number of benzene rings is 2. The molecule has 1 aliphatic heterocycles. The lowest BCUT2D eigenvalue weighted by Gasteiger charge is -2.40. The molecule has 252 valence electrons. The van der Waals surface area contributed by atoms with Crippen LogP contribution in [0, 0.1) is 23.3 Å². The Bertz CT molecular complexity index is 1700. The summed E-state index contributed by atoms with van der Waals surface area (Å²) >= 11 is 0. The molecule has 2 aliphatic rings. The number of pyridine rings is 1. The van der Waals surface area contributed by atoms with E-state index in [0.717, 1.165) is 37.6 Å². The number of alkyl carbamates (subject to hydrolysis) is 1. The highest BCUT2D eigenvalue weighted by atomic mass is 32.2. The van der Waals surface area contributed by atoms with Crippen molar-refractivity contribution < 1.29 is 40.3 Å². The van der Waals surface area contributed by atoms with Gasteiger partial charge in [-0.25, -0.2) is 30.8 Å². The summed E-state index contributed by atoms with van der Waals surface area (Å²) in [7, 11) is -2.45. The molecule has 2 fully saturated rings. The average molecular weight is 677 g/mol. The minimum atomic E-state index is -3.52. The number of nitrogens with zero attached hydrogens (tertiary/aromatic N) is 2. The topological polar surface area (TPSA) is 118 Å². The molecule has 5 rings (SSSR count). The van der Waals surface area contributed by atoms with E-state index >= 15 is 4.39 Å². The van der Waals surface area contributed by atoms with Gasteiger partial charge in [-0.2, -0.15) is 4.31 Å². The predicted octanol–water partition coefficient (Wildman–Crippen LogP) is 4.39. The zero-order valence-electron chi connectivity index (χ0n) is 25.9. The highest BCUT2D eigenvalue weighted by molar-refractivity contribution is 7.90. The number of piperazine rings is 1. The number of sulfonamides is 1.